The van der Waals surface area contributed by atoms with Gasteiger partial charge in [-0.25, -0.2) is 0 Å². The highest BCUT2D eigenvalue weighted by Gasteiger charge is 2.08. The minimum atomic E-state index is 0.268. The zero-order chi connectivity index (χ0) is 10.8. The molecule has 2 heteroatoms. The van der Waals surface area contributed by atoms with E-state index in [9.17, 15) is 4.79 Å². The van der Waals surface area contributed by atoms with Gasteiger partial charge in [0.25, 0.3) is 0 Å². The summed E-state index contributed by atoms with van der Waals surface area (Å²) in [5.41, 5.74) is 1.35. The summed E-state index contributed by atoms with van der Waals surface area (Å²) in [6, 6.07) is 8.41. The quantitative estimate of drug-likeness (QED) is 0.767. The van der Waals surface area contributed by atoms with Gasteiger partial charge in [-0.05, 0) is 37.3 Å². The van der Waals surface area contributed by atoms with Crippen LogP contribution in [0.15, 0.2) is 24.3 Å². The maximum atomic E-state index is 11.0. The second-order valence-electron chi connectivity index (χ2n) is 3.83. The van der Waals surface area contributed by atoms with Gasteiger partial charge in [-0.3, -0.25) is 0 Å². The first kappa shape index (κ1) is 10.4. The molecule has 0 atom stereocenters. The monoisotopic (exact) mass is 218 g/mol. The Morgan fingerprint density at radius 1 is 1.33 bits per heavy atom. The molecule has 0 fully saturated rings. The summed E-state index contributed by atoms with van der Waals surface area (Å²) in [5.74, 6) is 0.268. The van der Waals surface area contributed by atoms with Crippen molar-refractivity contribution in [3.63, 3.8) is 0 Å². The normalized spacial score (nSPS) is 10.8. The fourth-order valence-electron chi connectivity index (χ4n) is 1.83. The number of rotatable bonds is 3. The minimum Gasteiger partial charge on any atom is -0.300 e. The Balaban J connectivity index is 2.40. The van der Waals surface area contributed by atoms with Crippen LogP contribution in [-0.4, -0.2) is 5.78 Å². The van der Waals surface area contributed by atoms with Crippen LogP contribution in [0.5, 0.6) is 0 Å². The van der Waals surface area contributed by atoms with Crippen LogP contribution in [0.4, 0.5) is 0 Å². The highest BCUT2D eigenvalue weighted by atomic mass is 32.1. The molecule has 0 amide bonds. The molecule has 0 aliphatic rings. The average molecular weight is 218 g/mol. The molecule has 0 saturated carbocycles. The van der Waals surface area contributed by atoms with Crippen molar-refractivity contribution < 1.29 is 4.79 Å². The van der Waals surface area contributed by atoms with Crippen molar-refractivity contribution >= 4 is 27.2 Å². The Kier molecular flexibility index (Phi) is 2.87. The van der Waals surface area contributed by atoms with E-state index in [1.54, 1.807) is 6.92 Å². The van der Waals surface area contributed by atoms with Gasteiger partial charge in [0.15, 0.2) is 0 Å². The second kappa shape index (κ2) is 4.15. The van der Waals surface area contributed by atoms with Crippen molar-refractivity contribution in [1.82, 2.24) is 0 Å². The summed E-state index contributed by atoms with van der Waals surface area (Å²) >= 11 is 1.82. The predicted molar refractivity (Wildman–Crippen MR) is 65.6 cm³/mol. The maximum absolute atomic E-state index is 11.0. The van der Waals surface area contributed by atoms with E-state index in [1.807, 2.05) is 11.3 Å². The summed E-state index contributed by atoms with van der Waals surface area (Å²) in [5, 5.41) is 1.32. The molecule has 1 aromatic carbocycles. The van der Waals surface area contributed by atoms with Crippen molar-refractivity contribution in [2.45, 2.75) is 26.7 Å². The van der Waals surface area contributed by atoms with Gasteiger partial charge in [0.1, 0.15) is 5.78 Å². The fraction of sp³-hybridized carbons (Fsp3) is 0.308. The number of ketones is 1. The molecule has 0 spiro atoms. The standard InChI is InChI=1S/C13H14OS/c1-9(14)7-8-11-10(2)15-13-6-4-3-5-12(11)13/h3-6H,7-8H2,1-2H3. The van der Waals surface area contributed by atoms with Crippen LogP contribution < -0.4 is 0 Å². The number of hydrogen-bond acceptors (Lipinski definition) is 2. The minimum absolute atomic E-state index is 0.268. The molecule has 0 aliphatic heterocycles. The summed E-state index contributed by atoms with van der Waals surface area (Å²) in [6.07, 6.45) is 1.53. The van der Waals surface area contributed by atoms with Crippen molar-refractivity contribution in [2.75, 3.05) is 0 Å². The molecule has 15 heavy (non-hydrogen) atoms. The lowest BCUT2D eigenvalue weighted by molar-refractivity contribution is -0.116. The first-order valence-corrected chi connectivity index (χ1v) is 5.96. The van der Waals surface area contributed by atoms with Gasteiger partial charge < -0.3 is 4.79 Å². The number of benzene rings is 1. The Bertz CT molecular complexity index is 496. The molecular weight excluding hydrogens is 204 g/mol. The molecule has 0 radical (unpaired) electrons. The van der Waals surface area contributed by atoms with E-state index in [0.717, 1.165) is 6.42 Å². The first-order valence-electron chi connectivity index (χ1n) is 5.15. The molecule has 0 unspecified atom stereocenters. The average Bonchev–Trinajstić information content (AvgIpc) is 2.50. The summed E-state index contributed by atoms with van der Waals surface area (Å²) < 4.78 is 1.33. The van der Waals surface area contributed by atoms with Crippen LogP contribution in [0.3, 0.4) is 0 Å². The lowest BCUT2D eigenvalue weighted by Crippen LogP contribution is -1.94. The van der Waals surface area contributed by atoms with Gasteiger partial charge in [-0.1, -0.05) is 18.2 Å². The zero-order valence-electron chi connectivity index (χ0n) is 9.04. The van der Waals surface area contributed by atoms with Crippen molar-refractivity contribution in [3.05, 3.63) is 34.7 Å². The van der Waals surface area contributed by atoms with Crippen LogP contribution in [-0.2, 0) is 11.2 Å². The number of hydrogen-bond donors (Lipinski definition) is 0. The van der Waals surface area contributed by atoms with Crippen LogP contribution in [0.1, 0.15) is 23.8 Å². The van der Waals surface area contributed by atoms with Gasteiger partial charge >= 0.3 is 0 Å². The molecule has 0 aliphatic carbocycles. The highest BCUT2D eigenvalue weighted by molar-refractivity contribution is 7.19. The number of aryl methyl sites for hydroxylation is 2. The molecular formula is C13H14OS. The SMILES string of the molecule is CC(=O)CCc1c(C)sc2ccccc12. The summed E-state index contributed by atoms with van der Waals surface area (Å²) in [4.78, 5) is 12.3. The van der Waals surface area contributed by atoms with Crippen LogP contribution in [0.25, 0.3) is 10.1 Å². The van der Waals surface area contributed by atoms with Gasteiger partial charge in [-0.15, -0.1) is 11.3 Å². The molecule has 0 bridgehead atoms. The topological polar surface area (TPSA) is 17.1 Å². The zero-order valence-corrected chi connectivity index (χ0v) is 9.86. The first-order chi connectivity index (χ1) is 7.18. The molecule has 78 valence electrons. The molecule has 0 saturated heterocycles. The molecule has 1 heterocycles. The smallest absolute Gasteiger partial charge is 0.130 e. The predicted octanol–water partition coefficient (Wildman–Crippen LogP) is 3.73. The molecule has 1 aromatic heterocycles. The number of thiophene rings is 1. The number of carbonyl (C=O) groups excluding carboxylic acids is 1. The largest absolute Gasteiger partial charge is 0.300 e. The molecule has 0 N–H and O–H groups in total. The third-order valence-electron chi connectivity index (χ3n) is 2.63. The van der Waals surface area contributed by atoms with Gasteiger partial charge in [-0.2, -0.15) is 0 Å². The van der Waals surface area contributed by atoms with E-state index in [-0.39, 0.29) is 5.78 Å². The molecule has 1 nitrogen and oxygen atoms in total. The van der Waals surface area contributed by atoms with Gasteiger partial charge in [0.2, 0.25) is 0 Å². The molecule has 2 aromatic rings. The van der Waals surface area contributed by atoms with E-state index < -0.39 is 0 Å². The lowest BCUT2D eigenvalue weighted by atomic mass is 10.0. The summed E-state index contributed by atoms with van der Waals surface area (Å²) in [7, 11) is 0. The lowest BCUT2D eigenvalue weighted by Gasteiger charge is -1.98. The third-order valence-corrected chi connectivity index (χ3v) is 3.76. The summed E-state index contributed by atoms with van der Waals surface area (Å²) in [6.45, 7) is 3.80. The Morgan fingerprint density at radius 2 is 2.07 bits per heavy atom. The van der Waals surface area contributed by atoms with Crippen molar-refractivity contribution in [1.29, 1.82) is 0 Å². The third kappa shape index (κ3) is 2.10. The van der Waals surface area contributed by atoms with E-state index in [4.69, 9.17) is 0 Å². The van der Waals surface area contributed by atoms with E-state index in [1.165, 1.54) is 20.5 Å². The fourth-order valence-corrected chi connectivity index (χ4v) is 2.95. The Labute approximate surface area is 93.7 Å². The van der Waals surface area contributed by atoms with E-state index in [0.29, 0.717) is 6.42 Å². The van der Waals surface area contributed by atoms with E-state index >= 15 is 0 Å². The van der Waals surface area contributed by atoms with Crippen molar-refractivity contribution in [3.8, 4) is 0 Å². The van der Waals surface area contributed by atoms with Crippen LogP contribution in [0, 0.1) is 6.92 Å². The number of Topliss-reactive ketones (excluding diaryl/α,β-unsaturated/α-hetero) is 1. The molecule has 2 rings (SSSR count). The second-order valence-corrected chi connectivity index (χ2v) is 5.09. The number of carbonyl (C=O) groups is 1. The maximum Gasteiger partial charge on any atom is 0.130 e. The number of fused-ring (bicyclic) bond motifs is 1. The Hall–Kier alpha value is -1.15. The highest BCUT2D eigenvalue weighted by Crippen LogP contribution is 2.31. The Morgan fingerprint density at radius 3 is 2.80 bits per heavy atom. The van der Waals surface area contributed by atoms with E-state index in [2.05, 4.69) is 31.2 Å². The van der Waals surface area contributed by atoms with Gasteiger partial charge in [0, 0.05) is 16.0 Å². The van der Waals surface area contributed by atoms with Gasteiger partial charge in [0.05, 0.1) is 0 Å². The van der Waals surface area contributed by atoms with Crippen molar-refractivity contribution in [2.24, 2.45) is 0 Å². The van der Waals surface area contributed by atoms with Crippen LogP contribution in [0.2, 0.25) is 0 Å². The van der Waals surface area contributed by atoms with Crippen LogP contribution >= 0.6 is 11.3 Å².